The van der Waals surface area contributed by atoms with Crippen molar-refractivity contribution in [2.45, 2.75) is 18.2 Å². The molecular formula is C13H12BrClN2O. The number of rotatable bonds is 2. The normalized spacial score (nSPS) is 11.6. The minimum Gasteiger partial charge on any atom is -0.323 e. The van der Waals surface area contributed by atoms with Gasteiger partial charge in [0.25, 0.3) is 0 Å². The van der Waals surface area contributed by atoms with Crippen molar-refractivity contribution in [1.82, 2.24) is 4.98 Å². The predicted molar refractivity (Wildman–Crippen MR) is 78.4 cm³/mol. The van der Waals surface area contributed by atoms with Gasteiger partial charge in [-0.25, -0.2) is 0 Å². The monoisotopic (exact) mass is 326 g/mol. The van der Waals surface area contributed by atoms with Crippen molar-refractivity contribution >= 4 is 50.0 Å². The fraction of sp³-hybridized carbons (Fsp3) is 0.231. The van der Waals surface area contributed by atoms with Crippen LogP contribution in [0, 0.1) is 0 Å². The molecular weight excluding hydrogens is 316 g/mol. The van der Waals surface area contributed by atoms with Crippen LogP contribution in [0.25, 0.3) is 10.9 Å². The van der Waals surface area contributed by atoms with Crippen LogP contribution in [0.1, 0.15) is 13.8 Å². The Morgan fingerprint density at radius 2 is 2.11 bits per heavy atom. The van der Waals surface area contributed by atoms with Gasteiger partial charge in [-0.2, -0.15) is 0 Å². The molecule has 0 aliphatic heterocycles. The van der Waals surface area contributed by atoms with Crippen LogP contribution in [0.5, 0.6) is 0 Å². The van der Waals surface area contributed by atoms with Crippen molar-refractivity contribution in [3.05, 3.63) is 35.5 Å². The largest absolute Gasteiger partial charge is 0.323 e. The molecule has 0 saturated carbocycles. The number of benzene rings is 1. The number of fused-ring (bicyclic) bond motifs is 1. The van der Waals surface area contributed by atoms with E-state index in [2.05, 4.69) is 26.2 Å². The summed E-state index contributed by atoms with van der Waals surface area (Å²) in [7, 11) is 0. The molecule has 18 heavy (non-hydrogen) atoms. The number of aromatic nitrogens is 1. The van der Waals surface area contributed by atoms with E-state index >= 15 is 0 Å². The van der Waals surface area contributed by atoms with Crippen LogP contribution in [0.4, 0.5) is 5.69 Å². The quantitative estimate of drug-likeness (QED) is 0.847. The van der Waals surface area contributed by atoms with Gasteiger partial charge in [-0.3, -0.25) is 9.78 Å². The van der Waals surface area contributed by atoms with Gasteiger partial charge in [0.1, 0.15) is 0 Å². The van der Waals surface area contributed by atoms with E-state index in [1.54, 1.807) is 32.2 Å². The first-order chi connectivity index (χ1) is 8.39. The summed E-state index contributed by atoms with van der Waals surface area (Å²) >= 11 is 9.41. The van der Waals surface area contributed by atoms with E-state index in [1.165, 1.54) is 0 Å². The van der Waals surface area contributed by atoms with E-state index < -0.39 is 4.32 Å². The van der Waals surface area contributed by atoms with Gasteiger partial charge >= 0.3 is 0 Å². The number of hydrogen-bond acceptors (Lipinski definition) is 2. The molecule has 0 spiro atoms. The van der Waals surface area contributed by atoms with Crippen LogP contribution < -0.4 is 5.32 Å². The molecule has 1 amide bonds. The molecule has 1 heterocycles. The van der Waals surface area contributed by atoms with Crippen molar-refractivity contribution in [2.75, 3.05) is 5.32 Å². The third-order valence-electron chi connectivity index (χ3n) is 2.50. The second kappa shape index (κ2) is 4.86. The minimum atomic E-state index is -0.631. The van der Waals surface area contributed by atoms with Gasteiger partial charge in [-0.15, -0.1) is 0 Å². The van der Waals surface area contributed by atoms with Crippen LogP contribution in [0.2, 0.25) is 5.02 Å². The molecule has 94 valence electrons. The maximum absolute atomic E-state index is 11.9. The Morgan fingerprint density at radius 1 is 1.39 bits per heavy atom. The zero-order chi connectivity index (χ0) is 13.3. The number of nitrogens with one attached hydrogen (secondary N) is 1. The van der Waals surface area contributed by atoms with Crippen LogP contribution in [-0.4, -0.2) is 15.2 Å². The van der Waals surface area contributed by atoms with Gasteiger partial charge in [-0.1, -0.05) is 27.5 Å². The van der Waals surface area contributed by atoms with Crippen LogP contribution in [0.15, 0.2) is 30.5 Å². The Bertz CT molecular complexity index is 607. The van der Waals surface area contributed by atoms with E-state index in [1.807, 2.05) is 12.1 Å². The molecule has 5 heteroatoms. The second-order valence-corrected chi connectivity index (χ2v) is 6.81. The maximum atomic E-state index is 11.9. The topological polar surface area (TPSA) is 42.0 Å². The standard InChI is InChI=1S/C13H12BrClN2O/c1-13(2,14)12(18)17-10-6-5-9(15)8-4-3-7-16-11(8)10/h3-7H,1-2H3,(H,17,18). The number of anilines is 1. The summed E-state index contributed by atoms with van der Waals surface area (Å²) in [6.45, 7) is 3.57. The SMILES string of the molecule is CC(C)(Br)C(=O)Nc1ccc(Cl)c2cccnc12. The van der Waals surface area contributed by atoms with Crippen molar-refractivity contribution < 1.29 is 4.79 Å². The number of carbonyl (C=O) groups is 1. The molecule has 0 saturated heterocycles. The summed E-state index contributed by atoms with van der Waals surface area (Å²) < 4.78 is -0.631. The highest BCUT2D eigenvalue weighted by atomic mass is 79.9. The van der Waals surface area contributed by atoms with E-state index in [-0.39, 0.29) is 5.91 Å². The van der Waals surface area contributed by atoms with Gasteiger partial charge in [0.05, 0.1) is 20.6 Å². The van der Waals surface area contributed by atoms with Crippen LogP contribution >= 0.6 is 27.5 Å². The lowest BCUT2D eigenvalue weighted by Gasteiger charge is -2.16. The van der Waals surface area contributed by atoms with Crippen LogP contribution in [-0.2, 0) is 4.79 Å². The third-order valence-corrected chi connectivity index (χ3v) is 3.19. The lowest BCUT2D eigenvalue weighted by atomic mass is 10.1. The summed E-state index contributed by atoms with van der Waals surface area (Å²) in [4.78, 5) is 16.2. The van der Waals surface area contributed by atoms with Crippen LogP contribution in [0.3, 0.4) is 0 Å². The maximum Gasteiger partial charge on any atom is 0.240 e. The lowest BCUT2D eigenvalue weighted by Crippen LogP contribution is -2.31. The Kier molecular flexibility index (Phi) is 3.59. The molecule has 3 nitrogen and oxygen atoms in total. The molecule has 0 radical (unpaired) electrons. The van der Waals surface area contributed by atoms with Gasteiger partial charge in [0, 0.05) is 11.6 Å². The fourth-order valence-electron chi connectivity index (χ4n) is 1.51. The Balaban J connectivity index is 2.47. The highest BCUT2D eigenvalue weighted by molar-refractivity contribution is 9.10. The molecule has 0 atom stereocenters. The highest BCUT2D eigenvalue weighted by Crippen LogP contribution is 2.29. The first kappa shape index (κ1) is 13.3. The summed E-state index contributed by atoms with van der Waals surface area (Å²) in [5.74, 6) is -0.128. The second-order valence-electron chi connectivity index (χ2n) is 4.42. The smallest absolute Gasteiger partial charge is 0.240 e. The molecule has 0 aliphatic rings. The number of carbonyl (C=O) groups excluding carboxylic acids is 1. The highest BCUT2D eigenvalue weighted by Gasteiger charge is 2.24. The first-order valence-corrected chi connectivity index (χ1v) is 6.60. The number of pyridine rings is 1. The van der Waals surface area contributed by atoms with Gasteiger partial charge in [-0.05, 0) is 38.1 Å². The van der Waals surface area contributed by atoms with E-state index in [9.17, 15) is 4.79 Å². The average Bonchev–Trinajstić information content (AvgIpc) is 2.32. The molecule has 0 bridgehead atoms. The Morgan fingerprint density at radius 3 is 2.78 bits per heavy atom. The van der Waals surface area contributed by atoms with E-state index in [4.69, 9.17) is 11.6 Å². The zero-order valence-corrected chi connectivity index (χ0v) is 12.3. The molecule has 0 unspecified atom stereocenters. The zero-order valence-electron chi connectivity index (χ0n) is 10.00. The van der Waals surface area contributed by atoms with Crippen molar-refractivity contribution in [3.8, 4) is 0 Å². The molecule has 1 N–H and O–H groups in total. The van der Waals surface area contributed by atoms with Crippen molar-refractivity contribution in [1.29, 1.82) is 0 Å². The number of alkyl halides is 1. The fourth-order valence-corrected chi connectivity index (χ4v) is 1.82. The number of hydrogen-bond donors (Lipinski definition) is 1. The van der Waals surface area contributed by atoms with Crippen molar-refractivity contribution in [3.63, 3.8) is 0 Å². The molecule has 0 fully saturated rings. The summed E-state index contributed by atoms with van der Waals surface area (Å²) in [6.07, 6.45) is 1.67. The first-order valence-electron chi connectivity index (χ1n) is 5.43. The average molecular weight is 328 g/mol. The molecule has 2 rings (SSSR count). The molecule has 0 aliphatic carbocycles. The summed E-state index contributed by atoms with van der Waals surface area (Å²) in [5.41, 5.74) is 1.35. The van der Waals surface area contributed by atoms with E-state index in [0.717, 1.165) is 5.39 Å². The molecule has 1 aromatic heterocycles. The van der Waals surface area contributed by atoms with Gasteiger partial charge < -0.3 is 5.32 Å². The molecule has 2 aromatic rings. The lowest BCUT2D eigenvalue weighted by molar-refractivity contribution is -0.117. The molecule has 1 aromatic carbocycles. The minimum absolute atomic E-state index is 0.128. The predicted octanol–water partition coefficient (Wildman–Crippen LogP) is 4.00. The van der Waals surface area contributed by atoms with Gasteiger partial charge in [0.15, 0.2) is 0 Å². The Hall–Kier alpha value is -1.13. The van der Waals surface area contributed by atoms with Gasteiger partial charge in [0.2, 0.25) is 5.91 Å². The summed E-state index contributed by atoms with van der Waals surface area (Å²) in [5, 5.41) is 4.29. The third kappa shape index (κ3) is 2.65. The Labute approximate surface area is 119 Å². The van der Waals surface area contributed by atoms with Crippen molar-refractivity contribution in [2.24, 2.45) is 0 Å². The number of halogens is 2. The number of nitrogens with zero attached hydrogens (tertiary/aromatic N) is 1. The van der Waals surface area contributed by atoms with E-state index in [0.29, 0.717) is 16.2 Å². The number of amides is 1. The summed E-state index contributed by atoms with van der Waals surface area (Å²) in [6, 6.07) is 7.20.